The summed E-state index contributed by atoms with van der Waals surface area (Å²) in [5.41, 5.74) is -0.855. The number of ketones is 1. The second kappa shape index (κ2) is 11.2. The van der Waals surface area contributed by atoms with Crippen LogP contribution in [-0.4, -0.2) is 92.0 Å². The summed E-state index contributed by atoms with van der Waals surface area (Å²) in [6.45, 7) is 14.8. The summed E-state index contributed by atoms with van der Waals surface area (Å²) in [6, 6.07) is 0. The number of aliphatic hydroxyl groups is 6. The van der Waals surface area contributed by atoms with E-state index in [9.17, 15) is 35.4 Å². The van der Waals surface area contributed by atoms with Gasteiger partial charge in [-0.1, -0.05) is 48.5 Å². The predicted octanol–water partition coefficient (Wildman–Crippen LogP) is 3.19. The third-order valence-electron chi connectivity index (χ3n) is 15.3. The van der Waals surface area contributed by atoms with Crippen LogP contribution in [0.25, 0.3) is 0 Å². The molecule has 45 heavy (non-hydrogen) atoms. The van der Waals surface area contributed by atoms with Crippen LogP contribution >= 0.6 is 0 Å². The zero-order valence-electron chi connectivity index (χ0n) is 28.5. The molecular weight excluding hydrogens is 576 g/mol. The maximum atomic E-state index is 12.5. The number of hydrogen-bond donors (Lipinski definition) is 6. The van der Waals surface area contributed by atoms with Crippen molar-refractivity contribution < 1.29 is 44.9 Å². The van der Waals surface area contributed by atoms with E-state index in [1.807, 2.05) is 13.8 Å². The van der Waals surface area contributed by atoms with Crippen molar-refractivity contribution in [1.29, 1.82) is 0 Å². The Morgan fingerprint density at radius 3 is 2.20 bits per heavy atom. The van der Waals surface area contributed by atoms with E-state index in [0.29, 0.717) is 18.8 Å². The largest absolute Gasteiger partial charge is 0.394 e. The highest BCUT2D eigenvalue weighted by Crippen LogP contribution is 2.89. The van der Waals surface area contributed by atoms with Crippen LogP contribution in [0, 0.1) is 56.7 Å². The molecule has 0 amide bonds. The number of aliphatic hydroxyl groups excluding tert-OH is 6. The average Bonchev–Trinajstić information content (AvgIpc) is 3.61. The highest BCUT2D eigenvalue weighted by atomic mass is 16.7. The lowest BCUT2D eigenvalue weighted by Gasteiger charge is -2.64. The van der Waals surface area contributed by atoms with Crippen molar-refractivity contribution in [1.82, 2.24) is 0 Å². The van der Waals surface area contributed by atoms with Gasteiger partial charge in [-0.25, -0.2) is 0 Å². The van der Waals surface area contributed by atoms with Gasteiger partial charge in [0, 0.05) is 17.8 Å². The Kier molecular flexibility index (Phi) is 8.51. The van der Waals surface area contributed by atoms with Gasteiger partial charge in [-0.15, -0.1) is 0 Å². The zero-order chi connectivity index (χ0) is 33.1. The molecule has 1 aliphatic heterocycles. The summed E-state index contributed by atoms with van der Waals surface area (Å²) in [6.07, 6.45) is -0.375. The van der Waals surface area contributed by atoms with Crippen LogP contribution in [0.2, 0.25) is 0 Å². The highest BCUT2D eigenvalue weighted by molar-refractivity contribution is 5.80. The van der Waals surface area contributed by atoms with Crippen LogP contribution in [-0.2, 0) is 14.3 Å². The molecule has 2 spiro atoms. The van der Waals surface area contributed by atoms with E-state index in [4.69, 9.17) is 9.47 Å². The summed E-state index contributed by atoms with van der Waals surface area (Å²) in [5, 5.41) is 65.0. The van der Waals surface area contributed by atoms with E-state index >= 15 is 0 Å². The molecule has 6 N–H and O–H groups in total. The molecule has 16 atom stereocenters. The van der Waals surface area contributed by atoms with Crippen molar-refractivity contribution in [3.63, 3.8) is 0 Å². The zero-order valence-corrected chi connectivity index (χ0v) is 28.5. The highest BCUT2D eigenvalue weighted by Gasteiger charge is 2.85. The van der Waals surface area contributed by atoms with Gasteiger partial charge in [0.15, 0.2) is 6.29 Å². The Hall–Kier alpha value is -0.650. The smallest absolute Gasteiger partial charge is 0.186 e. The maximum Gasteiger partial charge on any atom is 0.186 e. The lowest BCUT2D eigenvalue weighted by molar-refractivity contribution is -0.327. The first-order valence-corrected chi connectivity index (χ1v) is 17.8. The fourth-order valence-corrected chi connectivity index (χ4v) is 12.9. The number of Topliss-reactive ketones (excluding diaryl/α,β-unsaturated/α-hetero) is 1. The van der Waals surface area contributed by atoms with Crippen LogP contribution in [0.5, 0.6) is 0 Å². The molecule has 6 fully saturated rings. The summed E-state index contributed by atoms with van der Waals surface area (Å²) in [5.74, 6) is 1.12. The van der Waals surface area contributed by atoms with E-state index in [2.05, 4.69) is 34.6 Å². The van der Waals surface area contributed by atoms with Gasteiger partial charge in [-0.2, -0.15) is 0 Å². The van der Waals surface area contributed by atoms with E-state index in [0.717, 1.165) is 44.9 Å². The lowest BCUT2D eigenvalue weighted by atomic mass is 9.41. The molecule has 0 aromatic carbocycles. The number of ether oxygens (including phenoxy) is 2. The quantitative estimate of drug-likeness (QED) is 0.220. The Labute approximate surface area is 269 Å². The van der Waals surface area contributed by atoms with Crippen LogP contribution in [0.15, 0.2) is 0 Å². The summed E-state index contributed by atoms with van der Waals surface area (Å²) < 4.78 is 12.2. The number of hydrogen-bond acceptors (Lipinski definition) is 9. The Morgan fingerprint density at radius 1 is 0.889 bits per heavy atom. The third kappa shape index (κ3) is 4.57. The monoisotopic (exact) mass is 636 g/mol. The molecule has 1 saturated heterocycles. The van der Waals surface area contributed by atoms with Crippen molar-refractivity contribution in [3.8, 4) is 0 Å². The van der Waals surface area contributed by atoms with Gasteiger partial charge >= 0.3 is 0 Å². The molecule has 0 aromatic rings. The number of rotatable bonds is 8. The normalized spacial score (nSPS) is 54.0. The predicted molar refractivity (Wildman–Crippen MR) is 167 cm³/mol. The second-order valence-electron chi connectivity index (χ2n) is 17.7. The van der Waals surface area contributed by atoms with E-state index in [-0.39, 0.29) is 62.6 Å². The Morgan fingerprint density at radius 2 is 1.56 bits per heavy atom. The Bertz CT molecular complexity index is 1140. The van der Waals surface area contributed by atoms with Crippen LogP contribution in [0.3, 0.4) is 0 Å². The average molecular weight is 637 g/mol. The molecule has 5 aliphatic carbocycles. The first-order valence-electron chi connectivity index (χ1n) is 17.8. The SMILES string of the molecule is CC(C)C(=O)CCC(C)C1C(O)CC2(C)C3CCC4C(C)(C)C(OC5OC(CO)C(O)C(O)C5O)CCC45CC35C(O)CC12C. The van der Waals surface area contributed by atoms with Crippen molar-refractivity contribution in [3.05, 3.63) is 0 Å². The third-order valence-corrected chi connectivity index (χ3v) is 15.3. The standard InChI is InChI=1S/C36H60O9/c1-18(2)20(38)9-8-19(3)27-21(39)14-33(6)24-11-10-23-32(4,5)26(45-31-30(43)29(42)28(41)22(16-37)44-31)12-13-35(23)17-36(24,35)25(40)15-34(27,33)7/h18-19,21-31,37,39-43H,8-17H2,1-7H3. The van der Waals surface area contributed by atoms with Crippen molar-refractivity contribution in [2.75, 3.05) is 6.61 Å². The summed E-state index contributed by atoms with van der Waals surface area (Å²) in [7, 11) is 0. The molecule has 6 aliphatic rings. The van der Waals surface area contributed by atoms with Gasteiger partial charge in [0.05, 0.1) is 24.9 Å². The lowest BCUT2D eigenvalue weighted by Crippen LogP contribution is -2.63. The van der Waals surface area contributed by atoms with Crippen molar-refractivity contribution in [2.24, 2.45) is 56.7 Å². The molecule has 9 heteroatoms. The molecular formula is C36H60O9. The van der Waals surface area contributed by atoms with Gasteiger partial charge < -0.3 is 40.1 Å². The summed E-state index contributed by atoms with van der Waals surface area (Å²) >= 11 is 0. The molecule has 9 nitrogen and oxygen atoms in total. The van der Waals surface area contributed by atoms with Gasteiger partial charge in [0.1, 0.15) is 30.2 Å². The van der Waals surface area contributed by atoms with E-state index in [1.54, 1.807) is 0 Å². The Balaban J connectivity index is 1.23. The number of carbonyl (C=O) groups is 1. The van der Waals surface area contributed by atoms with E-state index in [1.165, 1.54) is 0 Å². The molecule has 6 rings (SSSR count). The van der Waals surface area contributed by atoms with Gasteiger partial charge in [0.25, 0.3) is 0 Å². The molecule has 0 aromatic heterocycles. The van der Waals surface area contributed by atoms with Crippen molar-refractivity contribution in [2.45, 2.75) is 155 Å². The maximum absolute atomic E-state index is 12.5. The van der Waals surface area contributed by atoms with Crippen LogP contribution in [0.4, 0.5) is 0 Å². The molecule has 5 saturated carbocycles. The molecule has 0 bridgehead atoms. The van der Waals surface area contributed by atoms with Gasteiger partial charge in [-0.05, 0) is 96.7 Å². The van der Waals surface area contributed by atoms with Gasteiger partial charge in [0.2, 0.25) is 0 Å². The summed E-state index contributed by atoms with van der Waals surface area (Å²) in [4.78, 5) is 12.5. The minimum Gasteiger partial charge on any atom is -0.394 e. The molecule has 16 unspecified atom stereocenters. The van der Waals surface area contributed by atoms with Crippen LogP contribution in [0.1, 0.15) is 106 Å². The molecule has 1 heterocycles. The fourth-order valence-electron chi connectivity index (χ4n) is 12.9. The van der Waals surface area contributed by atoms with Crippen LogP contribution < -0.4 is 0 Å². The molecule has 0 radical (unpaired) electrons. The fraction of sp³-hybridized carbons (Fsp3) is 0.972. The molecule has 258 valence electrons. The topological polar surface area (TPSA) is 157 Å². The van der Waals surface area contributed by atoms with Gasteiger partial charge in [-0.3, -0.25) is 4.79 Å². The van der Waals surface area contributed by atoms with Crippen molar-refractivity contribution >= 4 is 5.78 Å². The van der Waals surface area contributed by atoms with E-state index < -0.39 is 49.5 Å². The number of fused-ring (bicyclic) bond motifs is 2. The minimum absolute atomic E-state index is 0.0171. The minimum atomic E-state index is -1.47. The first kappa shape index (κ1) is 34.2. The second-order valence-corrected chi connectivity index (χ2v) is 17.7. The number of carbonyl (C=O) groups excluding carboxylic acids is 1. The first-order chi connectivity index (χ1) is 20.9.